The van der Waals surface area contributed by atoms with Gasteiger partial charge in [0.2, 0.25) is 0 Å². The third-order valence-corrected chi connectivity index (χ3v) is 2.49. The first-order valence-electron chi connectivity index (χ1n) is 4.72. The Hall–Kier alpha value is -0.300. The minimum Gasteiger partial charge on any atom is -0.314 e. The molecule has 0 aromatic rings. The van der Waals surface area contributed by atoms with Gasteiger partial charge in [-0.2, -0.15) is 0 Å². The molecule has 0 radical (unpaired) electrons. The second kappa shape index (κ2) is 4.55. The molecule has 1 N–H and O–H groups in total. The van der Waals surface area contributed by atoms with E-state index in [9.17, 15) is 0 Å². The monoisotopic (exact) mass is 153 g/mol. The van der Waals surface area contributed by atoms with Crippen LogP contribution in [0.1, 0.15) is 32.6 Å². The summed E-state index contributed by atoms with van der Waals surface area (Å²) in [6, 6.07) is 0.642. The Morgan fingerprint density at radius 2 is 2.18 bits per heavy atom. The Kier molecular flexibility index (Phi) is 3.64. The number of allylic oxidation sites excluding steroid dienone is 1. The van der Waals surface area contributed by atoms with Gasteiger partial charge in [-0.05, 0) is 32.2 Å². The highest BCUT2D eigenvalue weighted by molar-refractivity contribution is 5.00. The number of rotatable bonds is 3. The van der Waals surface area contributed by atoms with E-state index in [2.05, 4.69) is 24.4 Å². The molecule has 64 valence electrons. The predicted octanol–water partition coefficient (Wildman–Crippen LogP) is 2.34. The van der Waals surface area contributed by atoms with E-state index in [4.69, 9.17) is 0 Å². The molecule has 0 amide bonds. The molecule has 0 bridgehead atoms. The van der Waals surface area contributed by atoms with E-state index in [-0.39, 0.29) is 0 Å². The van der Waals surface area contributed by atoms with Crippen molar-refractivity contribution in [2.24, 2.45) is 5.92 Å². The molecule has 0 aliphatic heterocycles. The molecule has 0 heterocycles. The van der Waals surface area contributed by atoms with Gasteiger partial charge in [0.1, 0.15) is 0 Å². The largest absolute Gasteiger partial charge is 0.314 e. The summed E-state index contributed by atoms with van der Waals surface area (Å²) in [5.74, 6) is 0.865. The highest BCUT2D eigenvalue weighted by atomic mass is 14.9. The molecule has 2 unspecified atom stereocenters. The van der Waals surface area contributed by atoms with Gasteiger partial charge in [-0.3, -0.25) is 0 Å². The van der Waals surface area contributed by atoms with Gasteiger partial charge in [0.25, 0.3) is 0 Å². The van der Waals surface area contributed by atoms with E-state index in [0.717, 1.165) is 5.92 Å². The van der Waals surface area contributed by atoms with E-state index >= 15 is 0 Å². The first kappa shape index (κ1) is 8.79. The van der Waals surface area contributed by atoms with E-state index in [1.54, 1.807) is 0 Å². The molecule has 0 fully saturated rings. The fraction of sp³-hybridized carbons (Fsp3) is 0.800. The molecule has 0 spiro atoms. The summed E-state index contributed by atoms with van der Waals surface area (Å²) in [4.78, 5) is 0. The summed E-state index contributed by atoms with van der Waals surface area (Å²) in [6.45, 7) is 2.26. The van der Waals surface area contributed by atoms with Crippen molar-refractivity contribution in [2.75, 3.05) is 7.05 Å². The molecule has 1 aliphatic carbocycles. The van der Waals surface area contributed by atoms with Crippen LogP contribution in [0, 0.1) is 5.92 Å². The molecule has 0 aromatic heterocycles. The van der Waals surface area contributed by atoms with Crippen molar-refractivity contribution in [3.8, 4) is 0 Å². The predicted molar refractivity (Wildman–Crippen MR) is 49.6 cm³/mol. The molecular formula is C10H19N. The van der Waals surface area contributed by atoms with Gasteiger partial charge in [0.15, 0.2) is 0 Å². The average molecular weight is 153 g/mol. The second-order valence-electron chi connectivity index (χ2n) is 3.41. The average Bonchev–Trinajstić information content (AvgIpc) is 2.07. The molecule has 2 atom stereocenters. The van der Waals surface area contributed by atoms with Gasteiger partial charge in [-0.25, -0.2) is 0 Å². The molecule has 1 aliphatic rings. The van der Waals surface area contributed by atoms with Gasteiger partial charge in [0.05, 0.1) is 0 Å². The smallest absolute Gasteiger partial charge is 0.0247 e. The topological polar surface area (TPSA) is 12.0 Å². The summed E-state index contributed by atoms with van der Waals surface area (Å²) < 4.78 is 0. The van der Waals surface area contributed by atoms with Crippen molar-refractivity contribution in [1.29, 1.82) is 0 Å². The van der Waals surface area contributed by atoms with Crippen LogP contribution in [-0.4, -0.2) is 13.1 Å². The fourth-order valence-corrected chi connectivity index (χ4v) is 1.73. The molecule has 0 saturated carbocycles. The lowest BCUT2D eigenvalue weighted by molar-refractivity contribution is 0.451. The van der Waals surface area contributed by atoms with Crippen molar-refractivity contribution in [1.82, 2.24) is 5.32 Å². The Bertz CT molecular complexity index is 129. The Balaban J connectivity index is 2.30. The highest BCUT2D eigenvalue weighted by Gasteiger charge is 2.12. The van der Waals surface area contributed by atoms with Crippen LogP contribution in [0.15, 0.2) is 12.2 Å². The fourth-order valence-electron chi connectivity index (χ4n) is 1.73. The Morgan fingerprint density at radius 1 is 1.36 bits per heavy atom. The van der Waals surface area contributed by atoms with Crippen molar-refractivity contribution >= 4 is 0 Å². The van der Waals surface area contributed by atoms with Crippen LogP contribution in [0.25, 0.3) is 0 Å². The number of hydrogen-bond donors (Lipinski definition) is 1. The second-order valence-corrected chi connectivity index (χ2v) is 3.41. The number of hydrogen-bond acceptors (Lipinski definition) is 1. The summed E-state index contributed by atoms with van der Waals surface area (Å²) in [6.07, 6.45) is 10.1. The zero-order valence-corrected chi connectivity index (χ0v) is 7.64. The summed E-state index contributed by atoms with van der Waals surface area (Å²) in [5.41, 5.74) is 0. The van der Waals surface area contributed by atoms with Gasteiger partial charge < -0.3 is 5.32 Å². The normalized spacial score (nSPS) is 30.7. The summed E-state index contributed by atoms with van der Waals surface area (Å²) >= 11 is 0. The number of likely N-dealkylation sites (N-methyl/N-ethyl adjacent to an activating group) is 1. The third kappa shape index (κ3) is 2.66. The van der Waals surface area contributed by atoms with E-state index < -0.39 is 0 Å². The van der Waals surface area contributed by atoms with E-state index in [1.165, 1.54) is 25.7 Å². The van der Waals surface area contributed by atoms with Gasteiger partial charge in [-0.1, -0.05) is 25.5 Å². The molecule has 1 rings (SSSR count). The van der Waals surface area contributed by atoms with Crippen LogP contribution in [0.2, 0.25) is 0 Å². The Morgan fingerprint density at radius 3 is 2.64 bits per heavy atom. The lowest BCUT2D eigenvalue weighted by Crippen LogP contribution is -2.26. The first-order valence-corrected chi connectivity index (χ1v) is 4.72. The molecule has 1 heteroatoms. The summed E-state index contributed by atoms with van der Waals surface area (Å²) in [7, 11) is 2.04. The highest BCUT2D eigenvalue weighted by Crippen LogP contribution is 2.21. The van der Waals surface area contributed by atoms with Crippen LogP contribution < -0.4 is 5.32 Å². The summed E-state index contributed by atoms with van der Waals surface area (Å²) in [5, 5.41) is 3.28. The zero-order chi connectivity index (χ0) is 8.10. The maximum absolute atomic E-state index is 3.28. The minimum absolute atomic E-state index is 0.642. The SMILES string of the molecule is CCCC1C=CC(NC)CC1. The van der Waals surface area contributed by atoms with Gasteiger partial charge in [0, 0.05) is 6.04 Å². The van der Waals surface area contributed by atoms with Crippen molar-refractivity contribution in [3.63, 3.8) is 0 Å². The lowest BCUT2D eigenvalue weighted by Gasteiger charge is -2.21. The van der Waals surface area contributed by atoms with Crippen molar-refractivity contribution in [3.05, 3.63) is 12.2 Å². The zero-order valence-electron chi connectivity index (χ0n) is 7.64. The number of nitrogens with one attached hydrogen (secondary N) is 1. The van der Waals surface area contributed by atoms with Gasteiger partial charge >= 0.3 is 0 Å². The maximum Gasteiger partial charge on any atom is 0.0247 e. The van der Waals surface area contributed by atoms with Crippen LogP contribution >= 0.6 is 0 Å². The molecule has 11 heavy (non-hydrogen) atoms. The van der Waals surface area contributed by atoms with Gasteiger partial charge in [-0.15, -0.1) is 0 Å². The molecule has 1 nitrogen and oxygen atoms in total. The molecular weight excluding hydrogens is 134 g/mol. The quantitative estimate of drug-likeness (QED) is 0.614. The van der Waals surface area contributed by atoms with Crippen LogP contribution in [0.3, 0.4) is 0 Å². The standard InChI is InChI=1S/C10H19N/c1-3-4-9-5-7-10(11-2)8-6-9/h5,7,9-11H,3-4,6,8H2,1-2H3. The first-order chi connectivity index (χ1) is 5.36. The Labute approximate surface area is 69.9 Å². The third-order valence-electron chi connectivity index (χ3n) is 2.49. The lowest BCUT2D eigenvalue weighted by atomic mass is 9.90. The van der Waals surface area contributed by atoms with Crippen molar-refractivity contribution < 1.29 is 0 Å². The van der Waals surface area contributed by atoms with Crippen molar-refractivity contribution in [2.45, 2.75) is 38.6 Å². The van der Waals surface area contributed by atoms with Crippen LogP contribution in [0.5, 0.6) is 0 Å². The molecule has 0 aromatic carbocycles. The maximum atomic E-state index is 3.28. The minimum atomic E-state index is 0.642. The van der Waals surface area contributed by atoms with E-state index in [0.29, 0.717) is 6.04 Å². The van der Waals surface area contributed by atoms with Crippen LogP contribution in [-0.2, 0) is 0 Å². The van der Waals surface area contributed by atoms with Crippen LogP contribution in [0.4, 0.5) is 0 Å². The van der Waals surface area contributed by atoms with E-state index in [1.807, 2.05) is 7.05 Å². The molecule has 0 saturated heterocycles.